The van der Waals surface area contributed by atoms with Crippen molar-refractivity contribution in [2.45, 2.75) is 20.8 Å². The third-order valence-corrected chi connectivity index (χ3v) is 4.49. The van der Waals surface area contributed by atoms with Crippen molar-refractivity contribution in [1.29, 1.82) is 0 Å². The Bertz CT molecular complexity index is 736. The number of hydrogen-bond acceptors (Lipinski definition) is 5. The molecule has 25 heavy (non-hydrogen) atoms. The third-order valence-electron chi connectivity index (χ3n) is 4.49. The van der Waals surface area contributed by atoms with Crippen molar-refractivity contribution < 1.29 is 4.79 Å². The maximum Gasteiger partial charge on any atom is 0.274 e. The van der Waals surface area contributed by atoms with Gasteiger partial charge < -0.3 is 15.1 Å². The molecule has 1 aromatic heterocycles. The number of amides is 1. The van der Waals surface area contributed by atoms with E-state index in [4.69, 9.17) is 0 Å². The van der Waals surface area contributed by atoms with Crippen LogP contribution in [0.1, 0.15) is 28.7 Å². The molecule has 1 fully saturated rings. The summed E-state index contributed by atoms with van der Waals surface area (Å²) < 4.78 is 0. The quantitative estimate of drug-likeness (QED) is 0.927. The van der Waals surface area contributed by atoms with E-state index in [1.807, 2.05) is 38.1 Å². The Morgan fingerprint density at radius 3 is 2.40 bits per heavy atom. The van der Waals surface area contributed by atoms with Crippen LogP contribution in [0.25, 0.3) is 0 Å². The number of nitrogens with one attached hydrogen (secondary N) is 1. The van der Waals surface area contributed by atoms with E-state index in [2.05, 4.69) is 32.0 Å². The van der Waals surface area contributed by atoms with Crippen molar-refractivity contribution in [2.24, 2.45) is 0 Å². The number of hydrogen-bond donors (Lipinski definition) is 1. The second kappa shape index (κ2) is 7.61. The van der Waals surface area contributed by atoms with Gasteiger partial charge >= 0.3 is 0 Å². The van der Waals surface area contributed by atoms with Gasteiger partial charge in [0.1, 0.15) is 5.69 Å². The molecule has 0 saturated carbocycles. The lowest BCUT2D eigenvalue weighted by Crippen LogP contribution is -2.47. The highest BCUT2D eigenvalue weighted by Gasteiger charge is 2.20. The van der Waals surface area contributed by atoms with E-state index in [0.717, 1.165) is 49.7 Å². The van der Waals surface area contributed by atoms with Gasteiger partial charge in [0.2, 0.25) is 5.95 Å². The Labute approximate surface area is 148 Å². The van der Waals surface area contributed by atoms with Gasteiger partial charge in [0.25, 0.3) is 5.91 Å². The van der Waals surface area contributed by atoms with Crippen LogP contribution in [0.5, 0.6) is 0 Å². The summed E-state index contributed by atoms with van der Waals surface area (Å²) in [5.74, 6) is 0.438. The van der Waals surface area contributed by atoms with E-state index in [1.165, 1.54) is 0 Å². The van der Waals surface area contributed by atoms with Crippen LogP contribution in [0.15, 0.2) is 30.3 Å². The average molecular weight is 339 g/mol. The molecule has 1 aliphatic rings. The number of likely N-dealkylation sites (N-methyl/N-ethyl adjacent to an activating group) is 1. The van der Waals surface area contributed by atoms with Gasteiger partial charge in [-0.1, -0.05) is 24.6 Å². The van der Waals surface area contributed by atoms with Crippen LogP contribution < -0.4 is 10.2 Å². The molecule has 0 aliphatic carbocycles. The van der Waals surface area contributed by atoms with Crippen molar-refractivity contribution in [2.75, 3.05) is 42.9 Å². The van der Waals surface area contributed by atoms with Gasteiger partial charge in [-0.15, -0.1) is 0 Å². The molecule has 132 valence electrons. The molecule has 0 spiro atoms. The van der Waals surface area contributed by atoms with Crippen LogP contribution >= 0.6 is 0 Å². The summed E-state index contributed by atoms with van der Waals surface area (Å²) in [7, 11) is 0. The summed E-state index contributed by atoms with van der Waals surface area (Å²) >= 11 is 0. The van der Waals surface area contributed by atoms with Crippen molar-refractivity contribution in [3.05, 3.63) is 47.3 Å². The van der Waals surface area contributed by atoms with Crippen LogP contribution in [-0.4, -0.2) is 53.5 Å². The lowest BCUT2D eigenvalue weighted by molar-refractivity contribution is 0.102. The van der Waals surface area contributed by atoms with E-state index in [1.54, 1.807) is 6.07 Å². The minimum Gasteiger partial charge on any atom is -0.338 e. The van der Waals surface area contributed by atoms with Crippen LogP contribution in [-0.2, 0) is 0 Å². The lowest BCUT2D eigenvalue weighted by Gasteiger charge is -2.34. The topological polar surface area (TPSA) is 61.4 Å². The van der Waals surface area contributed by atoms with Crippen molar-refractivity contribution >= 4 is 17.5 Å². The highest BCUT2D eigenvalue weighted by atomic mass is 16.1. The molecule has 1 N–H and O–H groups in total. The first-order valence-electron chi connectivity index (χ1n) is 8.76. The molecule has 3 rings (SSSR count). The van der Waals surface area contributed by atoms with Gasteiger partial charge in [-0.05, 0) is 38.6 Å². The molecule has 0 atom stereocenters. The normalized spacial score (nSPS) is 15.2. The molecule has 1 amide bonds. The van der Waals surface area contributed by atoms with Crippen LogP contribution in [0.2, 0.25) is 0 Å². The van der Waals surface area contributed by atoms with Gasteiger partial charge in [0, 0.05) is 37.6 Å². The average Bonchev–Trinajstić information content (AvgIpc) is 2.63. The maximum atomic E-state index is 12.6. The number of carbonyl (C=O) groups is 1. The van der Waals surface area contributed by atoms with Gasteiger partial charge in [0.05, 0.1) is 0 Å². The maximum absolute atomic E-state index is 12.6. The molecule has 2 aromatic rings. The van der Waals surface area contributed by atoms with Crippen molar-refractivity contribution in [3.63, 3.8) is 0 Å². The SMILES string of the molecule is CCN1CCN(c2nc(C)cc(C(=O)Nc3ccc(C)cc3)n2)CC1. The summed E-state index contributed by atoms with van der Waals surface area (Å²) in [6.07, 6.45) is 0. The lowest BCUT2D eigenvalue weighted by atomic mass is 10.2. The zero-order valence-electron chi connectivity index (χ0n) is 15.1. The smallest absolute Gasteiger partial charge is 0.274 e. The molecular formula is C19H25N5O. The summed E-state index contributed by atoms with van der Waals surface area (Å²) in [5, 5.41) is 2.90. The number of piperazine rings is 1. The van der Waals surface area contributed by atoms with Crippen molar-refractivity contribution in [1.82, 2.24) is 14.9 Å². The van der Waals surface area contributed by atoms with Crippen LogP contribution in [0.3, 0.4) is 0 Å². The number of aryl methyl sites for hydroxylation is 2. The van der Waals surface area contributed by atoms with E-state index in [9.17, 15) is 4.79 Å². The monoisotopic (exact) mass is 339 g/mol. The van der Waals surface area contributed by atoms with E-state index in [0.29, 0.717) is 11.6 Å². The fraction of sp³-hybridized carbons (Fsp3) is 0.421. The second-order valence-corrected chi connectivity index (χ2v) is 6.44. The minimum atomic E-state index is -0.206. The molecule has 0 bridgehead atoms. The third kappa shape index (κ3) is 4.33. The molecule has 1 aliphatic heterocycles. The highest BCUT2D eigenvalue weighted by Crippen LogP contribution is 2.15. The molecular weight excluding hydrogens is 314 g/mol. The van der Waals surface area contributed by atoms with Crippen LogP contribution in [0, 0.1) is 13.8 Å². The van der Waals surface area contributed by atoms with Gasteiger partial charge in [-0.25, -0.2) is 9.97 Å². The first-order chi connectivity index (χ1) is 12.0. The Kier molecular flexibility index (Phi) is 5.28. The fourth-order valence-corrected chi connectivity index (χ4v) is 2.91. The predicted octanol–water partition coefficient (Wildman–Crippen LogP) is 2.49. The fourth-order valence-electron chi connectivity index (χ4n) is 2.91. The minimum absolute atomic E-state index is 0.206. The van der Waals surface area contributed by atoms with E-state index in [-0.39, 0.29) is 5.91 Å². The highest BCUT2D eigenvalue weighted by molar-refractivity contribution is 6.03. The summed E-state index contributed by atoms with van der Waals surface area (Å²) in [5.41, 5.74) is 3.13. The summed E-state index contributed by atoms with van der Waals surface area (Å²) in [6.45, 7) is 10.9. The van der Waals surface area contributed by atoms with E-state index < -0.39 is 0 Å². The molecule has 1 aromatic carbocycles. The summed E-state index contributed by atoms with van der Waals surface area (Å²) in [4.78, 5) is 26.1. The molecule has 6 heteroatoms. The van der Waals surface area contributed by atoms with Gasteiger partial charge in [-0.2, -0.15) is 0 Å². The largest absolute Gasteiger partial charge is 0.338 e. The van der Waals surface area contributed by atoms with Crippen LogP contribution in [0.4, 0.5) is 11.6 Å². The van der Waals surface area contributed by atoms with Gasteiger partial charge in [-0.3, -0.25) is 4.79 Å². The second-order valence-electron chi connectivity index (χ2n) is 6.44. The number of anilines is 2. The van der Waals surface area contributed by atoms with Gasteiger partial charge in [0.15, 0.2) is 0 Å². The zero-order valence-corrected chi connectivity index (χ0v) is 15.1. The number of carbonyl (C=O) groups excluding carboxylic acids is 1. The summed E-state index contributed by atoms with van der Waals surface area (Å²) in [6, 6.07) is 9.46. The first kappa shape index (κ1) is 17.4. The molecule has 2 heterocycles. The molecule has 0 radical (unpaired) electrons. The first-order valence-corrected chi connectivity index (χ1v) is 8.76. The Balaban J connectivity index is 1.74. The number of aromatic nitrogens is 2. The number of benzene rings is 1. The Morgan fingerprint density at radius 1 is 1.08 bits per heavy atom. The van der Waals surface area contributed by atoms with Crippen molar-refractivity contribution in [3.8, 4) is 0 Å². The molecule has 0 unspecified atom stereocenters. The number of rotatable bonds is 4. The number of nitrogens with zero attached hydrogens (tertiary/aromatic N) is 4. The molecule has 6 nitrogen and oxygen atoms in total. The Morgan fingerprint density at radius 2 is 1.76 bits per heavy atom. The predicted molar refractivity (Wildman–Crippen MR) is 100 cm³/mol. The Hall–Kier alpha value is -2.47. The molecule has 1 saturated heterocycles. The van der Waals surface area contributed by atoms with E-state index >= 15 is 0 Å². The standard InChI is InChI=1S/C19H25N5O/c1-4-23-9-11-24(12-10-23)19-20-15(3)13-17(22-19)18(25)21-16-7-5-14(2)6-8-16/h5-8,13H,4,9-12H2,1-3H3,(H,21,25). The zero-order chi connectivity index (χ0) is 17.8.